The number of benzene rings is 3. The van der Waals surface area contributed by atoms with E-state index in [-0.39, 0.29) is 18.5 Å². The van der Waals surface area contributed by atoms with Crippen LogP contribution in [-0.2, 0) is 6.42 Å². The molecule has 0 aliphatic heterocycles. The predicted octanol–water partition coefficient (Wildman–Crippen LogP) is 5.83. The van der Waals surface area contributed by atoms with Gasteiger partial charge in [-0.3, -0.25) is 4.79 Å². The maximum absolute atomic E-state index is 13.7. The van der Waals surface area contributed by atoms with Gasteiger partial charge >= 0.3 is 0 Å². The number of aliphatic imine (C=N–C) groups is 1. The Balaban J connectivity index is 1.62. The van der Waals surface area contributed by atoms with E-state index in [1.54, 1.807) is 31.5 Å². The van der Waals surface area contributed by atoms with Crippen molar-refractivity contribution in [2.45, 2.75) is 26.4 Å². The predicted molar refractivity (Wildman–Crippen MR) is 140 cm³/mol. The molecule has 2 N–H and O–H groups in total. The lowest BCUT2D eigenvalue weighted by Gasteiger charge is -2.15. The first kappa shape index (κ1) is 25.1. The van der Waals surface area contributed by atoms with Crippen molar-refractivity contribution in [1.29, 1.82) is 0 Å². The van der Waals surface area contributed by atoms with Crippen LogP contribution in [0.25, 0.3) is 22.0 Å². The van der Waals surface area contributed by atoms with E-state index in [0.717, 1.165) is 27.6 Å². The molecule has 4 rings (SSSR count). The van der Waals surface area contributed by atoms with Gasteiger partial charge in [-0.25, -0.2) is 9.38 Å². The van der Waals surface area contributed by atoms with Crippen molar-refractivity contribution in [3.05, 3.63) is 83.8 Å². The largest absolute Gasteiger partial charge is 0.496 e. The molecule has 0 aliphatic carbocycles. The van der Waals surface area contributed by atoms with Crippen molar-refractivity contribution in [2.75, 3.05) is 13.7 Å². The van der Waals surface area contributed by atoms with Crippen molar-refractivity contribution in [3.63, 3.8) is 0 Å². The highest BCUT2D eigenvalue weighted by Gasteiger charge is 2.17. The second-order valence-electron chi connectivity index (χ2n) is 8.81. The van der Waals surface area contributed by atoms with Gasteiger partial charge in [-0.2, -0.15) is 0 Å². The number of methoxy groups -OCH3 is 1. The summed E-state index contributed by atoms with van der Waals surface area (Å²) in [4.78, 5) is 20.5. The van der Waals surface area contributed by atoms with Crippen LogP contribution in [0.15, 0.2) is 71.9 Å². The first-order valence-electron chi connectivity index (χ1n) is 11.8. The Hall–Kier alpha value is -3.97. The van der Waals surface area contributed by atoms with Gasteiger partial charge in [0.2, 0.25) is 0 Å². The van der Waals surface area contributed by atoms with Crippen LogP contribution >= 0.6 is 0 Å². The molecule has 0 radical (unpaired) electrons. The summed E-state index contributed by atoms with van der Waals surface area (Å²) in [6.45, 7) is 3.56. The van der Waals surface area contributed by atoms with E-state index in [1.165, 1.54) is 18.3 Å². The lowest BCUT2D eigenvalue weighted by Crippen LogP contribution is -2.13. The number of aliphatic hydroxyl groups is 1. The fraction of sp³-hybridized carbons (Fsp3) is 0.241. The Kier molecular flexibility index (Phi) is 7.80. The first-order valence-corrected chi connectivity index (χ1v) is 11.8. The molecular weight excluding hydrogens is 459 g/mol. The lowest BCUT2D eigenvalue weighted by atomic mass is 10.00. The number of hydrogen-bond acceptors (Lipinski definition) is 4. The number of ether oxygens (including phenoxy) is 2. The number of halogens is 1. The molecule has 3 aromatic carbocycles. The van der Waals surface area contributed by atoms with Crippen LogP contribution in [0, 0.1) is 11.7 Å². The van der Waals surface area contributed by atoms with Crippen LogP contribution < -0.4 is 9.47 Å². The van der Waals surface area contributed by atoms with E-state index >= 15 is 0 Å². The molecule has 1 heterocycles. The summed E-state index contributed by atoms with van der Waals surface area (Å²) < 4.78 is 25.1. The number of rotatable bonds is 9. The van der Waals surface area contributed by atoms with E-state index in [4.69, 9.17) is 9.47 Å². The number of fused-ring (bicyclic) bond motifs is 1. The zero-order chi connectivity index (χ0) is 25.7. The SMILES string of the molecule is COc1ccccc1-c1ccc(OC(C)C)c(C(=O)N=CC(CO)Cc2c[nH]c3ccc(F)cc23)c1. The molecular formula is C29H29FN2O4. The number of aliphatic hydroxyl groups excluding tert-OH is 1. The van der Waals surface area contributed by atoms with Crippen molar-refractivity contribution >= 4 is 23.0 Å². The number of aromatic amines is 1. The van der Waals surface area contributed by atoms with Crippen LogP contribution in [-0.4, -0.2) is 42.0 Å². The number of carbonyl (C=O) groups excluding carboxylic acids is 1. The number of aromatic nitrogens is 1. The zero-order valence-electron chi connectivity index (χ0n) is 20.5. The van der Waals surface area contributed by atoms with Gasteiger partial charge in [-0.15, -0.1) is 0 Å². The summed E-state index contributed by atoms with van der Waals surface area (Å²) in [7, 11) is 1.60. The quantitative estimate of drug-likeness (QED) is 0.290. The summed E-state index contributed by atoms with van der Waals surface area (Å²) in [6.07, 6.45) is 3.50. The minimum Gasteiger partial charge on any atom is -0.496 e. The van der Waals surface area contributed by atoms with Gasteiger partial charge in [-0.05, 0) is 67.8 Å². The van der Waals surface area contributed by atoms with Crippen LogP contribution in [0.3, 0.4) is 0 Å². The number of amides is 1. The number of carbonyl (C=O) groups is 1. The maximum Gasteiger partial charge on any atom is 0.280 e. The lowest BCUT2D eigenvalue weighted by molar-refractivity contribution is 0.0997. The molecule has 186 valence electrons. The van der Waals surface area contributed by atoms with E-state index < -0.39 is 11.8 Å². The molecule has 7 heteroatoms. The van der Waals surface area contributed by atoms with Gasteiger partial charge in [0.15, 0.2) is 0 Å². The third kappa shape index (κ3) is 5.63. The normalized spacial score (nSPS) is 12.4. The standard InChI is InChI=1S/C29H29FN2O4/c1-18(2)36-28-11-8-20(23-6-4-5-7-27(23)35-3)13-25(28)29(34)32-15-19(17-33)12-21-16-31-26-10-9-22(30)14-24(21)26/h4-11,13-16,18-19,31,33H,12,17H2,1-3H3. The van der Waals surface area contributed by atoms with E-state index in [1.807, 2.05) is 44.2 Å². The molecule has 4 aromatic rings. The van der Waals surface area contributed by atoms with Gasteiger partial charge in [0.1, 0.15) is 17.3 Å². The smallest absolute Gasteiger partial charge is 0.280 e. The van der Waals surface area contributed by atoms with Crippen molar-refractivity contribution in [2.24, 2.45) is 10.9 Å². The minimum atomic E-state index is -0.481. The molecule has 0 saturated heterocycles. The molecule has 36 heavy (non-hydrogen) atoms. The molecule has 6 nitrogen and oxygen atoms in total. The second kappa shape index (κ2) is 11.2. The zero-order valence-corrected chi connectivity index (χ0v) is 20.5. The number of nitrogens with zero attached hydrogens (tertiary/aromatic N) is 1. The summed E-state index contributed by atoms with van der Waals surface area (Å²) in [5.74, 6) is -0.125. The molecule has 0 spiro atoms. The summed E-state index contributed by atoms with van der Waals surface area (Å²) >= 11 is 0. The van der Waals surface area contributed by atoms with Gasteiger partial charge in [0, 0.05) is 34.8 Å². The Morgan fingerprint density at radius 3 is 2.67 bits per heavy atom. The third-order valence-electron chi connectivity index (χ3n) is 5.84. The van der Waals surface area contributed by atoms with E-state index in [2.05, 4.69) is 9.98 Å². The van der Waals surface area contributed by atoms with Crippen molar-refractivity contribution < 1.29 is 23.8 Å². The van der Waals surface area contributed by atoms with Crippen LogP contribution in [0.2, 0.25) is 0 Å². The number of nitrogens with one attached hydrogen (secondary N) is 1. The topological polar surface area (TPSA) is 83.9 Å². The molecule has 0 bridgehead atoms. The monoisotopic (exact) mass is 488 g/mol. The molecule has 1 unspecified atom stereocenters. The van der Waals surface area contributed by atoms with E-state index in [9.17, 15) is 14.3 Å². The van der Waals surface area contributed by atoms with Crippen LogP contribution in [0.1, 0.15) is 29.8 Å². The molecule has 1 aromatic heterocycles. The summed E-state index contributed by atoms with van der Waals surface area (Å²) in [6, 6.07) is 17.5. The Bertz CT molecular complexity index is 1390. The van der Waals surface area contributed by atoms with E-state index in [0.29, 0.717) is 23.5 Å². The van der Waals surface area contributed by atoms with Crippen molar-refractivity contribution in [1.82, 2.24) is 4.98 Å². The molecule has 1 atom stereocenters. The van der Waals surface area contributed by atoms with Gasteiger partial charge in [0.25, 0.3) is 5.91 Å². The van der Waals surface area contributed by atoms with Crippen LogP contribution in [0.5, 0.6) is 11.5 Å². The fourth-order valence-electron chi connectivity index (χ4n) is 4.11. The van der Waals surface area contributed by atoms with Crippen LogP contribution in [0.4, 0.5) is 4.39 Å². The fourth-order valence-corrected chi connectivity index (χ4v) is 4.11. The molecule has 0 fully saturated rings. The summed E-state index contributed by atoms with van der Waals surface area (Å²) in [5.41, 5.74) is 3.59. The minimum absolute atomic E-state index is 0.134. The average molecular weight is 489 g/mol. The Morgan fingerprint density at radius 1 is 1.11 bits per heavy atom. The maximum atomic E-state index is 13.7. The highest BCUT2D eigenvalue weighted by molar-refractivity contribution is 6.02. The van der Waals surface area contributed by atoms with Gasteiger partial charge in [0.05, 0.1) is 25.4 Å². The average Bonchev–Trinajstić information content (AvgIpc) is 3.27. The highest BCUT2D eigenvalue weighted by atomic mass is 19.1. The third-order valence-corrected chi connectivity index (χ3v) is 5.84. The summed E-state index contributed by atoms with van der Waals surface area (Å²) in [5, 5.41) is 10.7. The molecule has 1 amide bonds. The van der Waals surface area contributed by atoms with Gasteiger partial charge < -0.3 is 19.6 Å². The Morgan fingerprint density at radius 2 is 1.92 bits per heavy atom. The second-order valence-corrected chi connectivity index (χ2v) is 8.81. The number of hydrogen-bond donors (Lipinski definition) is 2. The first-order chi connectivity index (χ1) is 17.4. The Labute approximate surface area is 209 Å². The number of para-hydroxylation sites is 1. The van der Waals surface area contributed by atoms with Crippen molar-refractivity contribution in [3.8, 4) is 22.6 Å². The van der Waals surface area contributed by atoms with Gasteiger partial charge in [-0.1, -0.05) is 24.3 Å². The number of H-pyrrole nitrogens is 1. The molecule has 0 saturated carbocycles. The highest BCUT2D eigenvalue weighted by Crippen LogP contribution is 2.33. The molecule has 0 aliphatic rings.